The highest BCUT2D eigenvalue weighted by Crippen LogP contribution is 2.25. The third kappa shape index (κ3) is 4.16. The number of rotatable bonds is 5. The number of nitrogens with zero attached hydrogens (tertiary/aromatic N) is 1. The summed E-state index contributed by atoms with van der Waals surface area (Å²) in [7, 11) is 0. The molecule has 0 bridgehead atoms. The highest BCUT2D eigenvalue weighted by Gasteiger charge is 2.09. The van der Waals surface area contributed by atoms with Crippen molar-refractivity contribution in [1.29, 1.82) is 0 Å². The number of ether oxygens (including phenoxy) is 2. The van der Waals surface area contributed by atoms with Crippen LogP contribution in [0.5, 0.6) is 5.75 Å². The fraction of sp³-hybridized carbons (Fsp3) is 0.571. The Morgan fingerprint density at radius 3 is 2.89 bits per heavy atom. The van der Waals surface area contributed by atoms with Crippen LogP contribution in [0.15, 0.2) is 18.2 Å². The molecule has 1 fully saturated rings. The molecular formula is C14H20ClNO2. The summed E-state index contributed by atoms with van der Waals surface area (Å²) in [4.78, 5) is 2.41. The Bertz CT molecular complexity index is 378. The lowest BCUT2D eigenvalue weighted by atomic mass is 10.2. The van der Waals surface area contributed by atoms with Gasteiger partial charge in [-0.05, 0) is 31.0 Å². The van der Waals surface area contributed by atoms with E-state index in [-0.39, 0.29) is 0 Å². The highest BCUT2D eigenvalue weighted by molar-refractivity contribution is 6.32. The second kappa shape index (κ2) is 6.98. The number of benzene rings is 1. The van der Waals surface area contributed by atoms with Gasteiger partial charge in [0.1, 0.15) is 5.75 Å². The maximum Gasteiger partial charge on any atom is 0.138 e. The number of morpholine rings is 1. The Labute approximate surface area is 114 Å². The van der Waals surface area contributed by atoms with Crippen molar-refractivity contribution in [2.45, 2.75) is 13.3 Å². The number of aryl methyl sites for hydroxylation is 1. The molecule has 0 amide bonds. The molecule has 0 N–H and O–H groups in total. The van der Waals surface area contributed by atoms with E-state index in [9.17, 15) is 0 Å². The van der Waals surface area contributed by atoms with Gasteiger partial charge in [-0.25, -0.2) is 0 Å². The quantitative estimate of drug-likeness (QED) is 0.768. The molecule has 0 saturated carbocycles. The van der Waals surface area contributed by atoms with E-state index in [0.29, 0.717) is 11.6 Å². The summed E-state index contributed by atoms with van der Waals surface area (Å²) in [5.41, 5.74) is 1.17. The maximum absolute atomic E-state index is 6.07. The molecule has 1 aliphatic heterocycles. The van der Waals surface area contributed by atoms with Crippen LogP contribution in [0.25, 0.3) is 0 Å². The molecule has 0 spiro atoms. The van der Waals surface area contributed by atoms with Crippen molar-refractivity contribution < 1.29 is 9.47 Å². The van der Waals surface area contributed by atoms with Gasteiger partial charge in [-0.3, -0.25) is 4.90 Å². The van der Waals surface area contributed by atoms with Crippen molar-refractivity contribution in [2.24, 2.45) is 0 Å². The van der Waals surface area contributed by atoms with Crippen molar-refractivity contribution in [3.63, 3.8) is 0 Å². The molecule has 4 heteroatoms. The van der Waals surface area contributed by atoms with E-state index in [0.717, 1.165) is 45.0 Å². The van der Waals surface area contributed by atoms with Crippen molar-refractivity contribution in [1.82, 2.24) is 4.90 Å². The Hall–Kier alpha value is -0.770. The molecule has 18 heavy (non-hydrogen) atoms. The van der Waals surface area contributed by atoms with Crippen molar-refractivity contribution in [3.05, 3.63) is 28.8 Å². The van der Waals surface area contributed by atoms with E-state index in [2.05, 4.69) is 4.90 Å². The lowest BCUT2D eigenvalue weighted by Crippen LogP contribution is -2.37. The van der Waals surface area contributed by atoms with Gasteiger partial charge in [0.25, 0.3) is 0 Å². The van der Waals surface area contributed by atoms with Gasteiger partial charge in [-0.15, -0.1) is 0 Å². The Morgan fingerprint density at radius 2 is 2.11 bits per heavy atom. The van der Waals surface area contributed by atoms with Crippen molar-refractivity contribution >= 4 is 11.6 Å². The van der Waals surface area contributed by atoms with E-state index in [1.54, 1.807) is 0 Å². The third-order valence-corrected chi connectivity index (χ3v) is 3.38. The molecule has 0 atom stereocenters. The monoisotopic (exact) mass is 269 g/mol. The fourth-order valence-corrected chi connectivity index (χ4v) is 2.19. The molecule has 0 aromatic heterocycles. The van der Waals surface area contributed by atoms with Crippen LogP contribution in [-0.4, -0.2) is 44.4 Å². The summed E-state index contributed by atoms with van der Waals surface area (Å²) in [6.45, 7) is 7.58. The first kappa shape index (κ1) is 13.7. The van der Waals surface area contributed by atoms with Crippen LogP contribution >= 0.6 is 11.6 Å². The zero-order chi connectivity index (χ0) is 12.8. The molecule has 0 aliphatic carbocycles. The van der Waals surface area contributed by atoms with E-state index in [1.165, 1.54) is 5.56 Å². The van der Waals surface area contributed by atoms with Crippen LogP contribution in [0.4, 0.5) is 0 Å². The van der Waals surface area contributed by atoms with Gasteiger partial charge < -0.3 is 9.47 Å². The highest BCUT2D eigenvalue weighted by atomic mass is 35.5. The lowest BCUT2D eigenvalue weighted by molar-refractivity contribution is 0.0358. The first-order valence-electron chi connectivity index (χ1n) is 6.45. The van der Waals surface area contributed by atoms with Crippen LogP contribution in [-0.2, 0) is 4.74 Å². The van der Waals surface area contributed by atoms with E-state index in [1.807, 2.05) is 25.1 Å². The SMILES string of the molecule is Cc1ccc(Cl)c(OCCCN2CCOCC2)c1. The van der Waals surface area contributed by atoms with E-state index >= 15 is 0 Å². The molecular weight excluding hydrogens is 250 g/mol. The largest absolute Gasteiger partial charge is 0.492 e. The average Bonchev–Trinajstić information content (AvgIpc) is 2.40. The molecule has 2 rings (SSSR count). The molecule has 3 nitrogen and oxygen atoms in total. The van der Waals surface area contributed by atoms with Crippen LogP contribution < -0.4 is 4.74 Å². The Balaban J connectivity index is 1.69. The zero-order valence-corrected chi connectivity index (χ0v) is 11.6. The van der Waals surface area contributed by atoms with Gasteiger partial charge >= 0.3 is 0 Å². The summed E-state index contributed by atoms with van der Waals surface area (Å²) in [5, 5.41) is 0.687. The lowest BCUT2D eigenvalue weighted by Gasteiger charge is -2.26. The molecule has 0 unspecified atom stereocenters. The molecule has 1 aromatic rings. The first-order valence-corrected chi connectivity index (χ1v) is 6.82. The fourth-order valence-electron chi connectivity index (χ4n) is 2.02. The molecule has 0 radical (unpaired) electrons. The van der Waals surface area contributed by atoms with Gasteiger partial charge in [0, 0.05) is 19.6 Å². The molecule has 1 heterocycles. The number of hydrogen-bond acceptors (Lipinski definition) is 3. The minimum Gasteiger partial charge on any atom is -0.492 e. The van der Waals surface area contributed by atoms with Gasteiger partial charge in [0.05, 0.1) is 24.8 Å². The van der Waals surface area contributed by atoms with Gasteiger partial charge in [-0.2, -0.15) is 0 Å². The van der Waals surface area contributed by atoms with Crippen LogP contribution in [0.1, 0.15) is 12.0 Å². The second-order valence-corrected chi connectivity index (χ2v) is 5.00. The molecule has 100 valence electrons. The minimum atomic E-state index is 0.687. The summed E-state index contributed by atoms with van der Waals surface area (Å²) in [5.74, 6) is 0.790. The van der Waals surface area contributed by atoms with Crippen LogP contribution in [0, 0.1) is 6.92 Å². The maximum atomic E-state index is 6.07. The normalized spacial score (nSPS) is 16.8. The standard InChI is InChI=1S/C14H20ClNO2/c1-12-3-4-13(15)14(11-12)18-8-2-5-16-6-9-17-10-7-16/h3-4,11H,2,5-10H2,1H3. The van der Waals surface area contributed by atoms with Gasteiger partial charge in [0.2, 0.25) is 0 Å². The zero-order valence-electron chi connectivity index (χ0n) is 10.8. The second-order valence-electron chi connectivity index (χ2n) is 4.59. The summed E-state index contributed by atoms with van der Waals surface area (Å²) < 4.78 is 11.0. The average molecular weight is 270 g/mol. The summed E-state index contributed by atoms with van der Waals surface area (Å²) in [6.07, 6.45) is 1.02. The molecule has 1 aromatic carbocycles. The Kier molecular flexibility index (Phi) is 5.29. The molecule has 1 aliphatic rings. The van der Waals surface area contributed by atoms with E-state index in [4.69, 9.17) is 21.1 Å². The molecule has 1 saturated heterocycles. The number of halogens is 1. The van der Waals surface area contributed by atoms with Crippen molar-refractivity contribution in [3.8, 4) is 5.75 Å². The smallest absolute Gasteiger partial charge is 0.138 e. The van der Waals surface area contributed by atoms with Gasteiger partial charge in [0.15, 0.2) is 0 Å². The predicted octanol–water partition coefficient (Wildman–Crippen LogP) is 2.75. The summed E-state index contributed by atoms with van der Waals surface area (Å²) >= 11 is 6.07. The first-order chi connectivity index (χ1) is 8.75. The van der Waals surface area contributed by atoms with Crippen LogP contribution in [0.3, 0.4) is 0 Å². The Morgan fingerprint density at radius 1 is 1.33 bits per heavy atom. The van der Waals surface area contributed by atoms with Crippen molar-refractivity contribution in [2.75, 3.05) is 39.5 Å². The van der Waals surface area contributed by atoms with Crippen LogP contribution in [0.2, 0.25) is 5.02 Å². The third-order valence-electron chi connectivity index (χ3n) is 3.07. The minimum absolute atomic E-state index is 0.687. The predicted molar refractivity (Wildman–Crippen MR) is 73.6 cm³/mol. The number of hydrogen-bond donors (Lipinski definition) is 0. The topological polar surface area (TPSA) is 21.7 Å². The van der Waals surface area contributed by atoms with E-state index < -0.39 is 0 Å². The van der Waals surface area contributed by atoms with Gasteiger partial charge in [-0.1, -0.05) is 17.7 Å². The summed E-state index contributed by atoms with van der Waals surface area (Å²) in [6, 6.07) is 5.86.